The highest BCUT2D eigenvalue weighted by molar-refractivity contribution is 6.04. The molecular formula is C14H15N3O2. The van der Waals surface area contributed by atoms with Crippen molar-refractivity contribution in [3.05, 3.63) is 48.3 Å². The molecule has 0 aliphatic rings. The molecule has 2 aromatic rings. The summed E-state index contributed by atoms with van der Waals surface area (Å²) in [6, 6.07) is 10.4. The van der Waals surface area contributed by atoms with E-state index in [1.54, 1.807) is 18.2 Å². The van der Waals surface area contributed by atoms with Crippen molar-refractivity contribution >= 4 is 17.3 Å². The first-order valence-electron chi connectivity index (χ1n) is 5.80. The van der Waals surface area contributed by atoms with Crippen LogP contribution in [0.5, 0.6) is 5.75 Å². The maximum Gasteiger partial charge on any atom is 0.278 e. The molecule has 1 aromatic heterocycles. The molecule has 1 heterocycles. The molecule has 5 nitrogen and oxygen atoms in total. The smallest absolute Gasteiger partial charge is 0.278 e. The first kappa shape index (κ1) is 12.9. The van der Waals surface area contributed by atoms with Crippen LogP contribution in [0.1, 0.15) is 10.5 Å². The molecule has 0 saturated heterocycles. The second-order valence-electron chi connectivity index (χ2n) is 4.27. The van der Waals surface area contributed by atoms with E-state index in [0.29, 0.717) is 5.69 Å². The number of aromatic hydroxyl groups is 1. The van der Waals surface area contributed by atoms with Gasteiger partial charge in [0.2, 0.25) is 0 Å². The lowest BCUT2D eigenvalue weighted by molar-refractivity contribution is 0.101. The van der Waals surface area contributed by atoms with Gasteiger partial charge in [-0.25, -0.2) is 4.98 Å². The molecule has 0 radical (unpaired) electrons. The summed E-state index contributed by atoms with van der Waals surface area (Å²) in [5.74, 6) is -0.569. The van der Waals surface area contributed by atoms with Crippen molar-refractivity contribution in [1.29, 1.82) is 0 Å². The Morgan fingerprint density at radius 1 is 1.21 bits per heavy atom. The summed E-state index contributed by atoms with van der Waals surface area (Å²) < 4.78 is 0. The molecule has 5 heteroatoms. The first-order valence-corrected chi connectivity index (χ1v) is 5.80. The van der Waals surface area contributed by atoms with E-state index in [1.165, 1.54) is 12.3 Å². The Morgan fingerprint density at radius 2 is 1.89 bits per heavy atom. The first-order chi connectivity index (χ1) is 9.08. The van der Waals surface area contributed by atoms with Gasteiger partial charge >= 0.3 is 0 Å². The number of aromatic nitrogens is 1. The summed E-state index contributed by atoms with van der Waals surface area (Å²) in [4.78, 5) is 17.7. The Kier molecular flexibility index (Phi) is 3.66. The third-order valence-electron chi connectivity index (χ3n) is 2.64. The average molecular weight is 257 g/mol. The monoisotopic (exact) mass is 257 g/mol. The normalized spacial score (nSPS) is 10.0. The van der Waals surface area contributed by atoms with Crippen LogP contribution >= 0.6 is 0 Å². The van der Waals surface area contributed by atoms with Crippen molar-refractivity contribution in [3.63, 3.8) is 0 Å². The van der Waals surface area contributed by atoms with Crippen LogP contribution < -0.4 is 10.2 Å². The highest BCUT2D eigenvalue weighted by atomic mass is 16.3. The molecule has 2 N–H and O–H groups in total. The number of amides is 1. The van der Waals surface area contributed by atoms with Crippen LogP contribution in [0.3, 0.4) is 0 Å². The van der Waals surface area contributed by atoms with E-state index in [0.717, 1.165) is 5.69 Å². The minimum Gasteiger partial charge on any atom is -0.505 e. The van der Waals surface area contributed by atoms with Crippen molar-refractivity contribution in [2.45, 2.75) is 0 Å². The van der Waals surface area contributed by atoms with Gasteiger partial charge < -0.3 is 15.3 Å². The largest absolute Gasteiger partial charge is 0.505 e. The van der Waals surface area contributed by atoms with Gasteiger partial charge in [-0.2, -0.15) is 0 Å². The second-order valence-corrected chi connectivity index (χ2v) is 4.27. The van der Waals surface area contributed by atoms with Crippen LogP contribution in [0.4, 0.5) is 11.4 Å². The van der Waals surface area contributed by atoms with Crippen molar-refractivity contribution in [3.8, 4) is 5.75 Å². The molecule has 0 saturated carbocycles. The van der Waals surface area contributed by atoms with Crippen LogP contribution in [0.25, 0.3) is 0 Å². The van der Waals surface area contributed by atoms with Gasteiger partial charge in [0.15, 0.2) is 5.69 Å². The van der Waals surface area contributed by atoms with Gasteiger partial charge in [-0.1, -0.05) is 0 Å². The number of nitrogens with zero attached hydrogens (tertiary/aromatic N) is 2. The molecule has 0 atom stereocenters. The van der Waals surface area contributed by atoms with Crippen LogP contribution in [-0.4, -0.2) is 30.1 Å². The third kappa shape index (κ3) is 3.01. The number of benzene rings is 1. The zero-order valence-corrected chi connectivity index (χ0v) is 10.8. The van der Waals surface area contributed by atoms with Crippen molar-refractivity contribution in [2.75, 3.05) is 24.3 Å². The quantitative estimate of drug-likeness (QED) is 0.883. The number of carbonyl (C=O) groups is 1. The molecule has 0 aliphatic heterocycles. The standard InChI is InChI=1S/C14H15N3O2/c1-17(2)11-7-5-10(6-8-11)16-14(19)13-12(18)4-3-9-15-13/h3-9,18H,1-2H3,(H,16,19). The Bertz CT molecular complexity index is 579. The van der Waals surface area contributed by atoms with E-state index in [9.17, 15) is 9.90 Å². The molecule has 2 rings (SSSR count). The van der Waals surface area contributed by atoms with E-state index in [-0.39, 0.29) is 11.4 Å². The third-order valence-corrected chi connectivity index (χ3v) is 2.64. The number of pyridine rings is 1. The molecule has 98 valence electrons. The zero-order valence-electron chi connectivity index (χ0n) is 10.8. The molecule has 19 heavy (non-hydrogen) atoms. The Morgan fingerprint density at radius 3 is 2.47 bits per heavy atom. The second kappa shape index (κ2) is 5.39. The van der Waals surface area contributed by atoms with Crippen LogP contribution in [0.15, 0.2) is 42.6 Å². The van der Waals surface area contributed by atoms with Gasteiger partial charge in [-0.3, -0.25) is 4.79 Å². The van der Waals surface area contributed by atoms with E-state index in [1.807, 2.05) is 31.1 Å². The lowest BCUT2D eigenvalue weighted by Gasteiger charge is -2.13. The number of hydrogen-bond donors (Lipinski definition) is 2. The lowest BCUT2D eigenvalue weighted by Crippen LogP contribution is -2.14. The average Bonchev–Trinajstić information content (AvgIpc) is 2.39. The van der Waals surface area contributed by atoms with Crippen molar-refractivity contribution < 1.29 is 9.90 Å². The van der Waals surface area contributed by atoms with E-state index in [4.69, 9.17) is 0 Å². The van der Waals surface area contributed by atoms with Crippen LogP contribution in [-0.2, 0) is 0 Å². The number of hydrogen-bond acceptors (Lipinski definition) is 4. The SMILES string of the molecule is CN(C)c1ccc(NC(=O)c2ncccc2O)cc1. The molecule has 0 spiro atoms. The van der Waals surface area contributed by atoms with E-state index < -0.39 is 5.91 Å². The number of rotatable bonds is 3. The van der Waals surface area contributed by atoms with E-state index >= 15 is 0 Å². The number of nitrogens with one attached hydrogen (secondary N) is 1. The Labute approximate surface area is 111 Å². The Balaban J connectivity index is 2.13. The molecule has 0 fully saturated rings. The van der Waals surface area contributed by atoms with Gasteiger partial charge in [-0.15, -0.1) is 0 Å². The van der Waals surface area contributed by atoms with Gasteiger partial charge in [0.25, 0.3) is 5.91 Å². The van der Waals surface area contributed by atoms with Crippen LogP contribution in [0.2, 0.25) is 0 Å². The van der Waals surface area contributed by atoms with Gasteiger partial charge in [-0.05, 0) is 36.4 Å². The summed E-state index contributed by atoms with van der Waals surface area (Å²) >= 11 is 0. The minimum absolute atomic E-state index is 0.0131. The summed E-state index contributed by atoms with van der Waals surface area (Å²) in [5, 5.41) is 12.2. The van der Waals surface area contributed by atoms with Crippen LogP contribution in [0, 0.1) is 0 Å². The highest BCUT2D eigenvalue weighted by Gasteiger charge is 2.12. The van der Waals surface area contributed by atoms with Gasteiger partial charge in [0.05, 0.1) is 0 Å². The Hall–Kier alpha value is -2.56. The molecule has 1 amide bonds. The molecular weight excluding hydrogens is 242 g/mol. The summed E-state index contributed by atoms with van der Waals surface area (Å²) in [6.07, 6.45) is 1.46. The van der Waals surface area contributed by atoms with Gasteiger partial charge in [0.1, 0.15) is 5.75 Å². The lowest BCUT2D eigenvalue weighted by atomic mass is 10.2. The van der Waals surface area contributed by atoms with Gasteiger partial charge in [0, 0.05) is 31.7 Å². The highest BCUT2D eigenvalue weighted by Crippen LogP contribution is 2.18. The van der Waals surface area contributed by atoms with Crippen molar-refractivity contribution in [2.24, 2.45) is 0 Å². The maximum absolute atomic E-state index is 11.9. The number of anilines is 2. The molecule has 0 aliphatic carbocycles. The topological polar surface area (TPSA) is 65.5 Å². The summed E-state index contributed by atoms with van der Waals surface area (Å²) in [6.45, 7) is 0. The minimum atomic E-state index is -0.435. The maximum atomic E-state index is 11.9. The fourth-order valence-corrected chi connectivity index (χ4v) is 1.60. The molecule has 1 aromatic carbocycles. The number of carbonyl (C=O) groups excluding carboxylic acids is 1. The van der Waals surface area contributed by atoms with Crippen molar-refractivity contribution in [1.82, 2.24) is 4.98 Å². The van der Waals surface area contributed by atoms with E-state index in [2.05, 4.69) is 10.3 Å². The fourth-order valence-electron chi connectivity index (χ4n) is 1.60. The molecule has 0 unspecified atom stereocenters. The predicted octanol–water partition coefficient (Wildman–Crippen LogP) is 2.11. The predicted molar refractivity (Wildman–Crippen MR) is 74.6 cm³/mol. The molecule has 0 bridgehead atoms. The summed E-state index contributed by atoms with van der Waals surface area (Å²) in [5.41, 5.74) is 1.71. The zero-order chi connectivity index (χ0) is 13.8. The fraction of sp³-hybridized carbons (Fsp3) is 0.143. The summed E-state index contributed by atoms with van der Waals surface area (Å²) in [7, 11) is 3.89.